The second-order valence-corrected chi connectivity index (χ2v) is 4.56. The first-order chi connectivity index (χ1) is 8.56. The molecule has 1 aromatic carbocycles. The molecule has 1 atom stereocenters. The summed E-state index contributed by atoms with van der Waals surface area (Å²) in [7, 11) is 0. The highest BCUT2D eigenvalue weighted by molar-refractivity contribution is 5.88. The zero-order valence-corrected chi connectivity index (χ0v) is 10.0. The van der Waals surface area contributed by atoms with Crippen molar-refractivity contribution in [1.82, 2.24) is 4.90 Å². The molecule has 0 aromatic heterocycles. The van der Waals surface area contributed by atoms with Crippen LogP contribution in [0.3, 0.4) is 0 Å². The van der Waals surface area contributed by atoms with Gasteiger partial charge in [-0.2, -0.15) is 0 Å². The van der Waals surface area contributed by atoms with Crippen molar-refractivity contribution < 1.29 is 14.7 Å². The molecule has 1 unspecified atom stereocenters. The molecule has 0 radical (unpaired) electrons. The van der Waals surface area contributed by atoms with E-state index in [2.05, 4.69) is 0 Å². The van der Waals surface area contributed by atoms with Crippen molar-refractivity contribution >= 4 is 11.8 Å². The van der Waals surface area contributed by atoms with Gasteiger partial charge in [-0.25, -0.2) is 0 Å². The van der Waals surface area contributed by atoms with Crippen LogP contribution >= 0.6 is 0 Å². The monoisotopic (exact) mass is 248 g/mol. The van der Waals surface area contributed by atoms with Crippen molar-refractivity contribution in [3.05, 3.63) is 29.8 Å². The Labute approximate surface area is 105 Å². The van der Waals surface area contributed by atoms with Crippen LogP contribution in [-0.2, 0) is 16.0 Å². The fourth-order valence-corrected chi connectivity index (χ4v) is 2.11. The fraction of sp³-hybridized carbons (Fsp3) is 0.385. The quantitative estimate of drug-likeness (QED) is 0.802. The molecule has 96 valence electrons. The number of primary amides is 1. The number of nitrogens with two attached hydrogens (primary N) is 1. The molecule has 2 amide bonds. The number of nitrogens with zero attached hydrogens (tertiary/aromatic N) is 1. The van der Waals surface area contributed by atoms with E-state index in [4.69, 9.17) is 10.8 Å². The van der Waals surface area contributed by atoms with Gasteiger partial charge in [-0.05, 0) is 24.1 Å². The minimum atomic E-state index is -0.407. The van der Waals surface area contributed by atoms with Gasteiger partial charge < -0.3 is 15.7 Å². The Morgan fingerprint density at radius 1 is 1.39 bits per heavy atom. The molecule has 5 heteroatoms. The van der Waals surface area contributed by atoms with Crippen molar-refractivity contribution in [2.75, 3.05) is 13.1 Å². The van der Waals surface area contributed by atoms with Crippen LogP contribution in [0, 0.1) is 5.92 Å². The third kappa shape index (κ3) is 2.80. The number of carbonyl (C=O) groups is 2. The van der Waals surface area contributed by atoms with Crippen LogP contribution in [0.5, 0.6) is 5.75 Å². The number of phenolic OH excluding ortho intramolecular Hbond substituents is 1. The number of carbonyl (C=O) groups excluding carboxylic acids is 2. The number of rotatable bonds is 4. The van der Waals surface area contributed by atoms with Crippen LogP contribution in [0.2, 0.25) is 0 Å². The van der Waals surface area contributed by atoms with Crippen molar-refractivity contribution in [2.45, 2.75) is 12.8 Å². The molecule has 1 aliphatic heterocycles. The lowest BCUT2D eigenvalue weighted by Crippen LogP contribution is -2.30. The van der Waals surface area contributed by atoms with Gasteiger partial charge in [0.2, 0.25) is 11.8 Å². The van der Waals surface area contributed by atoms with Gasteiger partial charge in [-0.1, -0.05) is 12.1 Å². The van der Waals surface area contributed by atoms with Gasteiger partial charge in [0.1, 0.15) is 5.75 Å². The van der Waals surface area contributed by atoms with Crippen LogP contribution < -0.4 is 5.73 Å². The largest absolute Gasteiger partial charge is 0.508 e. The van der Waals surface area contributed by atoms with E-state index in [0.29, 0.717) is 19.5 Å². The highest BCUT2D eigenvalue weighted by atomic mass is 16.3. The van der Waals surface area contributed by atoms with Gasteiger partial charge in [0.05, 0.1) is 5.92 Å². The van der Waals surface area contributed by atoms with Gasteiger partial charge in [0.15, 0.2) is 0 Å². The van der Waals surface area contributed by atoms with Crippen LogP contribution in [0.25, 0.3) is 0 Å². The molecule has 1 fully saturated rings. The van der Waals surface area contributed by atoms with Gasteiger partial charge in [0.25, 0.3) is 0 Å². The van der Waals surface area contributed by atoms with Gasteiger partial charge in [-0.15, -0.1) is 0 Å². The summed E-state index contributed by atoms with van der Waals surface area (Å²) >= 11 is 0. The molecule has 18 heavy (non-hydrogen) atoms. The summed E-state index contributed by atoms with van der Waals surface area (Å²) in [5.41, 5.74) is 6.25. The Bertz CT molecular complexity index is 456. The van der Waals surface area contributed by atoms with E-state index in [1.165, 1.54) is 0 Å². The molecule has 0 aliphatic carbocycles. The Morgan fingerprint density at radius 2 is 2.06 bits per heavy atom. The molecular weight excluding hydrogens is 232 g/mol. The SMILES string of the molecule is NC(=O)C1CC(=O)N(CCc2ccc(O)cc2)C1. The fourth-order valence-electron chi connectivity index (χ4n) is 2.11. The van der Waals surface area contributed by atoms with Gasteiger partial charge in [0, 0.05) is 19.5 Å². The number of amides is 2. The van der Waals surface area contributed by atoms with Crippen molar-refractivity contribution in [1.29, 1.82) is 0 Å². The van der Waals surface area contributed by atoms with Crippen LogP contribution in [0.4, 0.5) is 0 Å². The normalized spacial score (nSPS) is 19.2. The maximum Gasteiger partial charge on any atom is 0.223 e. The molecule has 0 bridgehead atoms. The average Bonchev–Trinajstić information content (AvgIpc) is 2.70. The Balaban J connectivity index is 1.89. The lowest BCUT2D eigenvalue weighted by molar-refractivity contribution is -0.128. The van der Waals surface area contributed by atoms with E-state index in [1.54, 1.807) is 17.0 Å². The Hall–Kier alpha value is -2.04. The lowest BCUT2D eigenvalue weighted by atomic mass is 10.1. The van der Waals surface area contributed by atoms with Gasteiger partial charge >= 0.3 is 0 Å². The first-order valence-electron chi connectivity index (χ1n) is 5.91. The standard InChI is InChI=1S/C13H16N2O3/c14-13(18)10-7-12(17)15(8-10)6-5-9-1-3-11(16)4-2-9/h1-4,10,16H,5-8H2,(H2,14,18). The molecule has 0 saturated carbocycles. The van der Waals surface area contributed by atoms with Crippen molar-refractivity contribution in [2.24, 2.45) is 11.7 Å². The van der Waals surface area contributed by atoms with Gasteiger partial charge in [-0.3, -0.25) is 9.59 Å². The topological polar surface area (TPSA) is 83.6 Å². The number of phenols is 1. The van der Waals surface area contributed by atoms with E-state index < -0.39 is 5.91 Å². The summed E-state index contributed by atoms with van der Waals surface area (Å²) in [6.07, 6.45) is 0.933. The molecule has 1 saturated heterocycles. The van der Waals surface area contributed by atoms with E-state index in [-0.39, 0.29) is 24.0 Å². The van der Waals surface area contributed by atoms with Crippen LogP contribution in [-0.4, -0.2) is 34.9 Å². The summed E-state index contributed by atoms with van der Waals surface area (Å²) < 4.78 is 0. The van der Waals surface area contributed by atoms with E-state index in [9.17, 15) is 9.59 Å². The Morgan fingerprint density at radius 3 is 2.61 bits per heavy atom. The highest BCUT2D eigenvalue weighted by Crippen LogP contribution is 2.18. The summed E-state index contributed by atoms with van der Waals surface area (Å²) in [5.74, 6) is -0.546. The van der Waals surface area contributed by atoms with E-state index >= 15 is 0 Å². The molecular formula is C13H16N2O3. The van der Waals surface area contributed by atoms with E-state index in [0.717, 1.165) is 5.56 Å². The second kappa shape index (κ2) is 5.08. The zero-order valence-electron chi connectivity index (χ0n) is 10.0. The zero-order chi connectivity index (χ0) is 13.1. The summed E-state index contributed by atoms with van der Waals surface area (Å²) in [6, 6.07) is 6.88. The first kappa shape index (κ1) is 12.4. The van der Waals surface area contributed by atoms with Crippen molar-refractivity contribution in [3.8, 4) is 5.75 Å². The highest BCUT2D eigenvalue weighted by Gasteiger charge is 2.32. The summed E-state index contributed by atoms with van der Waals surface area (Å²) in [5, 5.41) is 9.16. The number of aromatic hydroxyl groups is 1. The average molecular weight is 248 g/mol. The molecule has 0 spiro atoms. The van der Waals surface area contributed by atoms with Crippen molar-refractivity contribution in [3.63, 3.8) is 0 Å². The lowest BCUT2D eigenvalue weighted by Gasteiger charge is -2.15. The molecule has 2 rings (SSSR count). The second-order valence-electron chi connectivity index (χ2n) is 4.56. The molecule has 1 aromatic rings. The molecule has 1 aliphatic rings. The smallest absolute Gasteiger partial charge is 0.223 e. The number of likely N-dealkylation sites (tertiary alicyclic amines) is 1. The van der Waals surface area contributed by atoms with Crippen LogP contribution in [0.15, 0.2) is 24.3 Å². The molecule has 3 N–H and O–H groups in total. The summed E-state index contributed by atoms with van der Waals surface area (Å²) in [6.45, 7) is 1.000. The van der Waals surface area contributed by atoms with Crippen LogP contribution in [0.1, 0.15) is 12.0 Å². The number of benzene rings is 1. The predicted molar refractivity (Wildman–Crippen MR) is 65.7 cm³/mol. The minimum absolute atomic E-state index is 0.0161. The first-order valence-corrected chi connectivity index (χ1v) is 5.91. The third-order valence-electron chi connectivity index (χ3n) is 3.22. The molecule has 5 nitrogen and oxygen atoms in total. The van der Waals surface area contributed by atoms with E-state index in [1.807, 2.05) is 12.1 Å². The minimum Gasteiger partial charge on any atom is -0.508 e. The number of hydrogen-bond donors (Lipinski definition) is 2. The Kier molecular flexibility index (Phi) is 3.50. The predicted octanol–water partition coefficient (Wildman–Crippen LogP) is 0.268. The maximum atomic E-state index is 11.6. The number of hydrogen-bond acceptors (Lipinski definition) is 3. The maximum absolute atomic E-state index is 11.6. The summed E-state index contributed by atoms with van der Waals surface area (Å²) in [4.78, 5) is 24.3. The molecule has 1 heterocycles. The third-order valence-corrected chi connectivity index (χ3v) is 3.22.